The van der Waals surface area contributed by atoms with Gasteiger partial charge in [0.2, 0.25) is 5.91 Å². The molecule has 11 heteroatoms. The monoisotopic (exact) mass is 723 g/mol. The predicted molar refractivity (Wildman–Crippen MR) is 207 cm³/mol. The topological polar surface area (TPSA) is 122 Å². The zero-order valence-electron chi connectivity index (χ0n) is 33.1. The van der Waals surface area contributed by atoms with E-state index in [0.717, 1.165) is 62.4 Å². The standard InChI is InChI=1S/C41H66N6O5/c1-26-34-20-32(41(34,3)4)21-35(26)44-40(50)38-37(27(2)49)36(25-48)52-47(38)24-30-11-10-12-33(39(30)51-9)31-18-28(22-42-13-15-45(5)6)17-29(19-31)23-43-14-16-46(7)8/h10-12,17-19,26-27,32,34-38,42-43,48-49H,13-16,20-25H2,1-9H3,(H,44,50)/t26-,27-,32+,34-,35-,36-,37-,38?/m0/s1. The number of methoxy groups -OCH3 is 1. The van der Waals surface area contributed by atoms with E-state index >= 15 is 0 Å². The van der Waals surface area contributed by atoms with E-state index in [1.165, 1.54) is 17.5 Å². The summed E-state index contributed by atoms with van der Waals surface area (Å²) >= 11 is 0. The number of hydrogen-bond acceptors (Lipinski definition) is 10. The van der Waals surface area contributed by atoms with E-state index in [2.05, 4.69) is 99.0 Å². The van der Waals surface area contributed by atoms with Crippen LogP contribution >= 0.6 is 0 Å². The maximum atomic E-state index is 14.3. The van der Waals surface area contributed by atoms with E-state index in [4.69, 9.17) is 9.57 Å². The van der Waals surface area contributed by atoms with Crippen molar-refractivity contribution < 1.29 is 24.6 Å². The molecule has 2 aromatic rings. The fourth-order valence-electron chi connectivity index (χ4n) is 9.02. The summed E-state index contributed by atoms with van der Waals surface area (Å²) in [5.74, 6) is 1.50. The van der Waals surface area contributed by atoms with Gasteiger partial charge in [0.25, 0.3) is 0 Å². The number of aliphatic hydroxyl groups excluding tert-OH is 2. The van der Waals surface area contributed by atoms with Crippen molar-refractivity contribution in [3.8, 4) is 16.9 Å². The van der Waals surface area contributed by atoms with E-state index in [-0.39, 0.29) is 25.1 Å². The van der Waals surface area contributed by atoms with Gasteiger partial charge in [0.1, 0.15) is 17.9 Å². The number of rotatable bonds is 18. The van der Waals surface area contributed by atoms with Gasteiger partial charge in [-0.3, -0.25) is 9.63 Å². The number of nitrogens with one attached hydrogen (secondary N) is 3. The van der Waals surface area contributed by atoms with Gasteiger partial charge in [-0.1, -0.05) is 45.0 Å². The van der Waals surface area contributed by atoms with Gasteiger partial charge >= 0.3 is 0 Å². The summed E-state index contributed by atoms with van der Waals surface area (Å²) in [5, 5.41) is 33.5. The summed E-state index contributed by atoms with van der Waals surface area (Å²) < 4.78 is 6.14. The largest absolute Gasteiger partial charge is 0.496 e. The number of para-hydroxylation sites is 1. The molecule has 1 unspecified atom stereocenters. The third-order valence-electron chi connectivity index (χ3n) is 12.2. The zero-order valence-corrected chi connectivity index (χ0v) is 33.1. The maximum absolute atomic E-state index is 14.3. The molecule has 0 radical (unpaired) electrons. The molecular weight excluding hydrogens is 656 g/mol. The van der Waals surface area contributed by atoms with Gasteiger partial charge in [0, 0.05) is 62.4 Å². The summed E-state index contributed by atoms with van der Waals surface area (Å²) in [5.41, 5.74) is 5.55. The van der Waals surface area contributed by atoms with Crippen LogP contribution in [-0.2, 0) is 29.3 Å². The first kappa shape index (κ1) is 40.6. The zero-order chi connectivity index (χ0) is 37.7. The smallest absolute Gasteiger partial charge is 0.240 e. The molecule has 1 heterocycles. The van der Waals surface area contributed by atoms with Crippen LogP contribution in [0.15, 0.2) is 36.4 Å². The lowest BCUT2D eigenvalue weighted by Gasteiger charge is -2.62. The highest BCUT2D eigenvalue weighted by Crippen LogP contribution is 2.61. The predicted octanol–water partition coefficient (Wildman–Crippen LogP) is 3.33. The van der Waals surface area contributed by atoms with Crippen LogP contribution in [0.5, 0.6) is 5.75 Å². The molecule has 4 fully saturated rings. The van der Waals surface area contributed by atoms with Crippen LogP contribution in [0, 0.1) is 29.1 Å². The van der Waals surface area contributed by atoms with Gasteiger partial charge in [-0.05, 0) is 99.9 Å². The first-order valence-corrected chi connectivity index (χ1v) is 19.3. The number of fused-ring (bicyclic) bond motifs is 2. The Hall–Kier alpha value is -2.61. The first-order chi connectivity index (χ1) is 24.7. The molecule has 1 aliphatic heterocycles. The lowest BCUT2D eigenvalue weighted by atomic mass is 9.45. The average Bonchev–Trinajstić information content (AvgIpc) is 3.47. The molecule has 3 aliphatic carbocycles. The van der Waals surface area contributed by atoms with Gasteiger partial charge in [-0.2, -0.15) is 5.06 Å². The van der Waals surface area contributed by atoms with Crippen LogP contribution < -0.4 is 20.7 Å². The fourth-order valence-corrected chi connectivity index (χ4v) is 9.02. The highest BCUT2D eigenvalue weighted by atomic mass is 16.7. The molecule has 8 atom stereocenters. The van der Waals surface area contributed by atoms with E-state index in [1.807, 2.05) is 12.1 Å². The SMILES string of the molecule is COc1c(CN2O[C@@H](CO)[C@H]([C@H](C)O)C2C(=O)N[C@H]2C[C@H]3C[C@@H]([C@@H]2C)C3(C)C)cccc1-c1cc(CNCCN(C)C)cc(CNCCN(C)C)c1. The normalized spacial score (nSPS) is 27.5. The number of ether oxygens (including phenoxy) is 1. The van der Waals surface area contributed by atoms with E-state index in [1.54, 1.807) is 19.1 Å². The Morgan fingerprint density at radius 2 is 1.67 bits per heavy atom. The van der Waals surface area contributed by atoms with Gasteiger partial charge < -0.3 is 40.7 Å². The van der Waals surface area contributed by atoms with Crippen molar-refractivity contribution in [2.45, 2.75) is 84.5 Å². The van der Waals surface area contributed by atoms with Crippen molar-refractivity contribution in [2.24, 2.45) is 29.1 Å². The molecule has 11 nitrogen and oxygen atoms in total. The third kappa shape index (κ3) is 9.18. The quantitative estimate of drug-likeness (QED) is 0.147. The lowest BCUT2D eigenvalue weighted by Crippen LogP contribution is -2.62. The summed E-state index contributed by atoms with van der Waals surface area (Å²) in [6.45, 7) is 13.8. The summed E-state index contributed by atoms with van der Waals surface area (Å²) in [6.07, 6.45) is 0.615. The van der Waals surface area contributed by atoms with Crippen LogP contribution in [0.25, 0.3) is 11.1 Å². The molecule has 2 aromatic carbocycles. The van der Waals surface area contributed by atoms with Crippen LogP contribution in [0.2, 0.25) is 0 Å². The number of likely N-dealkylation sites (N-methyl/N-ethyl adjacent to an activating group) is 2. The van der Waals surface area contributed by atoms with Gasteiger partial charge in [-0.15, -0.1) is 0 Å². The molecule has 1 amide bonds. The summed E-state index contributed by atoms with van der Waals surface area (Å²) in [6, 6.07) is 12.1. The molecule has 5 N–H and O–H groups in total. The first-order valence-electron chi connectivity index (χ1n) is 19.3. The number of nitrogens with zero attached hydrogens (tertiary/aromatic N) is 3. The number of amides is 1. The Balaban J connectivity index is 1.41. The van der Waals surface area contributed by atoms with Crippen molar-refractivity contribution in [1.29, 1.82) is 0 Å². The minimum atomic E-state index is -0.860. The van der Waals surface area contributed by atoms with Crippen molar-refractivity contribution in [3.05, 3.63) is 53.1 Å². The molecule has 2 bridgehead atoms. The number of benzene rings is 2. The second kappa shape index (κ2) is 17.7. The lowest BCUT2D eigenvalue weighted by molar-refractivity contribution is -0.183. The number of hydrogen-bond donors (Lipinski definition) is 5. The van der Waals surface area contributed by atoms with Crippen molar-refractivity contribution in [2.75, 3.05) is 68.1 Å². The van der Waals surface area contributed by atoms with Gasteiger partial charge in [0.15, 0.2) is 0 Å². The van der Waals surface area contributed by atoms with Crippen LogP contribution in [0.4, 0.5) is 0 Å². The van der Waals surface area contributed by atoms with Crippen molar-refractivity contribution in [1.82, 2.24) is 30.8 Å². The number of carbonyl (C=O) groups is 1. The molecule has 1 saturated heterocycles. The molecule has 0 aromatic heterocycles. The summed E-state index contributed by atoms with van der Waals surface area (Å²) in [7, 11) is 9.99. The average molecular weight is 723 g/mol. The molecular formula is C41H66N6O5. The Morgan fingerprint density at radius 1 is 1.04 bits per heavy atom. The Bertz CT molecular complexity index is 1450. The Morgan fingerprint density at radius 3 is 2.19 bits per heavy atom. The minimum absolute atomic E-state index is 0.0723. The molecule has 290 valence electrons. The number of carbonyl (C=O) groups excluding carboxylic acids is 1. The van der Waals surface area contributed by atoms with E-state index < -0.39 is 24.2 Å². The number of hydroxylamine groups is 2. The van der Waals surface area contributed by atoms with Crippen molar-refractivity contribution >= 4 is 5.91 Å². The molecule has 6 rings (SSSR count). The second-order valence-electron chi connectivity index (χ2n) is 16.7. The Labute approximate surface area is 312 Å². The van der Waals surface area contributed by atoms with Crippen LogP contribution in [-0.4, -0.2) is 123 Å². The Kier molecular flexibility index (Phi) is 13.8. The van der Waals surface area contributed by atoms with E-state index in [0.29, 0.717) is 28.9 Å². The summed E-state index contributed by atoms with van der Waals surface area (Å²) in [4.78, 5) is 24.9. The number of aliphatic hydroxyl groups is 2. The maximum Gasteiger partial charge on any atom is 0.240 e. The van der Waals surface area contributed by atoms with Crippen LogP contribution in [0.3, 0.4) is 0 Å². The second-order valence-corrected chi connectivity index (χ2v) is 16.7. The fraction of sp³-hybridized carbons (Fsp3) is 0.683. The van der Waals surface area contributed by atoms with Gasteiger partial charge in [-0.25, -0.2) is 0 Å². The molecule has 52 heavy (non-hydrogen) atoms. The molecule has 4 aliphatic rings. The molecule has 3 saturated carbocycles. The van der Waals surface area contributed by atoms with E-state index in [9.17, 15) is 15.0 Å². The van der Waals surface area contributed by atoms with Crippen molar-refractivity contribution in [3.63, 3.8) is 0 Å². The highest BCUT2D eigenvalue weighted by molar-refractivity contribution is 5.83. The third-order valence-corrected chi connectivity index (χ3v) is 12.2. The van der Waals surface area contributed by atoms with Crippen LogP contribution in [0.1, 0.15) is 57.2 Å². The minimum Gasteiger partial charge on any atom is -0.496 e. The molecule has 0 spiro atoms. The highest BCUT2D eigenvalue weighted by Gasteiger charge is 2.57. The van der Waals surface area contributed by atoms with Gasteiger partial charge in [0.05, 0.1) is 26.4 Å².